The zero-order chi connectivity index (χ0) is 92.2. The predicted octanol–water partition coefficient (Wildman–Crippen LogP) is 6.02. The molecule has 0 aliphatic heterocycles. The van der Waals surface area contributed by atoms with Gasteiger partial charge in [0.25, 0.3) is 86.6 Å². The lowest BCUT2D eigenvalue weighted by Gasteiger charge is -2.15. The number of nitro groups is 1. The minimum atomic E-state index is -5.12. The number of anilines is 13. The van der Waals surface area contributed by atoms with E-state index >= 15 is 0 Å². The van der Waals surface area contributed by atoms with E-state index in [0.717, 1.165) is 60.8 Å². The zero-order valence-electron chi connectivity index (χ0n) is 61.7. The maximum atomic E-state index is 12.5. The summed E-state index contributed by atoms with van der Waals surface area (Å²) in [6.45, 7) is 0.439. The fraction of sp³-hybridized carbons (Fsp3) is 0.246. The monoisotopic (exact) mass is 1970 g/mol. The van der Waals surface area contributed by atoms with Crippen molar-refractivity contribution in [1.82, 2.24) is 29.9 Å². The fourth-order valence-electron chi connectivity index (χ4n) is 8.86. The quantitative estimate of drug-likeness (QED) is 0.00397. The van der Waals surface area contributed by atoms with Crippen LogP contribution < -0.4 is 48.7 Å². The largest absolute Gasteiger partial charge is 0.425 e. The van der Waals surface area contributed by atoms with Gasteiger partial charge in [-0.3, -0.25) is 51.3 Å². The Morgan fingerprint density at radius 2 is 0.780 bits per heavy atom. The number of nitrogens with one attached hydrogen (secondary N) is 7. The number of nitrogens with zero attached hydrogens (tertiary/aromatic N) is 11. The van der Waals surface area contributed by atoms with Crippen molar-refractivity contribution in [2.45, 2.75) is 55.6 Å². The Hall–Kier alpha value is -10.6. The van der Waals surface area contributed by atoms with Crippen molar-refractivity contribution in [3.8, 4) is 0 Å². The second-order valence-corrected chi connectivity index (χ2v) is 39.7. The number of rotatable bonds is 40. The van der Waals surface area contributed by atoms with E-state index in [-0.39, 0.29) is 134 Å². The molecule has 0 unspecified atom stereocenters. The van der Waals surface area contributed by atoms with E-state index in [2.05, 4.69) is 87.6 Å². The lowest BCUT2D eigenvalue weighted by Crippen LogP contribution is -2.17. The standard InChI is InChI=1S/C37H41N13O18S7.C20H25N7O9S4.2O3S/c1-21(51)40-28-18-31(33(70-11-4-13-72(57,58)59)20-30(28)47-46-26-8-7-23(50(52)53)16-34(26)75(66,67)68)49-48-29-19-32(69-10-3-12-71(54,55)56)25(38)17-27(29)42-37-44-35(39-9-14-73(60,61)62)43-36(45-37)41-22-5-2-6-24(15-22)74(63,64)65;21-16-12-14(5-6-17(16)37-8-2-9-38(28,29)30)24-20-26-18(22-7-10-39(31,32)33)25-19(27-20)23-13-3-1-4-15(11-13)40(34,35)36;2*1-4(2)3/h2,5-8,15-20H,3-4,9-14,38H2,1H3,(H,40,51)(H,54,55,56)(H,57,58,59)(H,60,61,62)(H,63,64,65)(H,66,67,68)(H3,39,41,42,43,44,45);1,3-6,11-12H,2,7-10,21H2,(H,28,29,30)(H,31,32,33)(H,34,35,36)(H3,22,23,24,25,26,27);;. The summed E-state index contributed by atoms with van der Waals surface area (Å²) in [7, 11) is -42.0. The van der Waals surface area contributed by atoms with E-state index in [1.54, 1.807) is 18.2 Å². The first kappa shape index (κ1) is 103. The van der Waals surface area contributed by atoms with Crippen LogP contribution in [0.25, 0.3) is 0 Å². The van der Waals surface area contributed by atoms with E-state index in [1.165, 1.54) is 66.4 Å². The van der Waals surface area contributed by atoms with Crippen LogP contribution in [0.5, 0.6) is 0 Å². The molecule has 0 radical (unpaired) electrons. The topological polar surface area (TPSA) is 861 Å². The molecule has 670 valence electrons. The molecule has 53 nitrogen and oxygen atoms in total. The average Bonchev–Trinajstić information content (AvgIpc) is 0.804. The summed E-state index contributed by atoms with van der Waals surface area (Å²) in [5.74, 6) is -4.40. The molecule has 2 heterocycles. The van der Waals surface area contributed by atoms with Gasteiger partial charge in [-0.05, 0) is 121 Å². The second-order valence-electron chi connectivity index (χ2n) is 23.4. The highest BCUT2D eigenvalue weighted by atomic mass is 32.3. The molecule has 2 aromatic heterocycles. The van der Waals surface area contributed by atoms with Crippen LogP contribution in [0.3, 0.4) is 0 Å². The van der Waals surface area contributed by atoms with Gasteiger partial charge in [0, 0.05) is 75.3 Å². The molecule has 0 saturated heterocycles. The number of amides is 1. The third-order valence-corrected chi connectivity index (χ3v) is 23.6. The number of carbonyl (C=O) groups excluding carboxylic acids is 1. The van der Waals surface area contributed by atoms with Crippen molar-refractivity contribution in [1.29, 1.82) is 0 Å². The van der Waals surface area contributed by atoms with Crippen LogP contribution >= 0.6 is 35.3 Å². The second kappa shape index (κ2) is 45.7. The third kappa shape index (κ3) is 40.5. The maximum absolute atomic E-state index is 12.5. The maximum Gasteiger partial charge on any atom is 0.425 e. The number of benzene rings is 6. The van der Waals surface area contributed by atoms with Gasteiger partial charge in [-0.2, -0.15) is 97.2 Å². The van der Waals surface area contributed by atoms with Crippen LogP contribution in [0, 0.1) is 10.1 Å². The Kier molecular flexibility index (Phi) is 38.2. The number of nitrogen functional groups attached to an aromatic ring is 2. The molecule has 0 atom stereocenters. The molecule has 0 bridgehead atoms. The van der Waals surface area contributed by atoms with E-state index in [0.29, 0.717) is 33.0 Å². The number of azo groups is 2. The van der Waals surface area contributed by atoms with Gasteiger partial charge in [-0.1, -0.05) is 12.1 Å². The molecular formula is C57H66N20O33S13. The number of hydrogen-bond donors (Lipinski definition) is 17. The fourth-order valence-corrected chi connectivity index (χ4v) is 16.1. The Labute approximate surface area is 713 Å². The molecule has 0 aliphatic rings. The van der Waals surface area contributed by atoms with Gasteiger partial charge >= 0.3 is 21.2 Å². The van der Waals surface area contributed by atoms with Gasteiger partial charge in [0.2, 0.25) is 41.6 Å². The summed E-state index contributed by atoms with van der Waals surface area (Å²) in [4.78, 5) is 47.3. The molecular weight excluding hydrogens is 1910 g/mol. The average molecular weight is 1980 g/mol. The van der Waals surface area contributed by atoms with Gasteiger partial charge in [0.05, 0.1) is 54.9 Å². The van der Waals surface area contributed by atoms with Crippen molar-refractivity contribution in [2.75, 3.05) is 108 Å². The van der Waals surface area contributed by atoms with Crippen LogP contribution in [0.2, 0.25) is 0 Å². The zero-order valence-corrected chi connectivity index (χ0v) is 72.4. The predicted molar refractivity (Wildman–Crippen MR) is 443 cm³/mol. The Morgan fingerprint density at radius 3 is 1.18 bits per heavy atom. The van der Waals surface area contributed by atoms with Gasteiger partial charge < -0.3 is 48.7 Å². The van der Waals surface area contributed by atoms with E-state index < -0.39 is 164 Å². The summed E-state index contributed by atoms with van der Waals surface area (Å²) < 4.78 is 309. The molecule has 0 fully saturated rings. The Balaban J connectivity index is 0.000000466. The normalized spacial score (nSPS) is 12.0. The molecule has 123 heavy (non-hydrogen) atoms. The summed E-state index contributed by atoms with van der Waals surface area (Å²) in [6.07, 6.45) is 0.0661. The molecule has 1 amide bonds. The number of non-ortho nitro benzene ring substituents is 1. The number of thioether (sulfide) groups is 3. The summed E-state index contributed by atoms with van der Waals surface area (Å²) in [5, 5.41) is 47.1. The minimum absolute atomic E-state index is 0.0225. The lowest BCUT2D eigenvalue weighted by atomic mass is 10.2. The first-order valence-corrected chi connectivity index (χ1v) is 50.0. The van der Waals surface area contributed by atoms with Crippen molar-refractivity contribution in [3.05, 3.63) is 119 Å². The van der Waals surface area contributed by atoms with Gasteiger partial charge in [0.15, 0.2) is 0 Å². The highest BCUT2D eigenvalue weighted by molar-refractivity contribution is 8.00. The van der Waals surface area contributed by atoms with Crippen molar-refractivity contribution in [2.24, 2.45) is 20.5 Å². The molecule has 19 N–H and O–H groups in total. The summed E-state index contributed by atoms with van der Waals surface area (Å²) >= 11 is 3.28. The number of hydrogen-bond acceptors (Lipinski definition) is 46. The third-order valence-electron chi connectivity index (χ3n) is 13.7. The molecule has 0 saturated carbocycles. The molecule has 66 heteroatoms. The molecule has 6 aromatic carbocycles. The SMILES string of the molecule is CC(=O)Nc1cc(N=Nc2cc(SCCCS(=O)(=O)O)c(N)cc2Nc2nc(NCCS(=O)(=O)O)nc(Nc3cccc(S(=O)(=O)O)c3)n2)c(SCCCS(=O)(=O)O)cc1N=Nc1ccc([N+](=O)[O-])cc1S(=O)(=O)O.Nc1cc(Nc2nc(NCCS(=O)(=O)O)nc(Nc3cccc(S(=O)(=O)O)c3)n2)ccc1SCCCS(=O)(=O)O.O=S(=O)=O.O=S(=O)=O. The molecule has 0 aliphatic carbocycles. The van der Waals surface area contributed by atoms with Gasteiger partial charge in [-0.25, -0.2) is 0 Å². The van der Waals surface area contributed by atoms with Gasteiger partial charge in [0.1, 0.15) is 27.6 Å². The number of nitrogens with two attached hydrogens (primary N) is 2. The van der Waals surface area contributed by atoms with Crippen molar-refractivity contribution >= 4 is 247 Å². The first-order chi connectivity index (χ1) is 56.8. The number of nitro benzene ring substituents is 1. The Bertz CT molecular complexity index is 6500. The van der Waals surface area contributed by atoms with E-state index in [1.807, 2.05) is 0 Å². The number of carbonyl (C=O) groups is 1. The lowest BCUT2D eigenvalue weighted by molar-refractivity contribution is -0.385. The van der Waals surface area contributed by atoms with Gasteiger partial charge in [-0.15, -0.1) is 81.0 Å². The van der Waals surface area contributed by atoms with E-state index in [9.17, 15) is 110 Å². The van der Waals surface area contributed by atoms with Crippen LogP contribution in [0.1, 0.15) is 26.2 Å². The highest BCUT2D eigenvalue weighted by Crippen LogP contribution is 2.44. The number of aromatic nitrogens is 6. The Morgan fingerprint density at radius 1 is 0.415 bits per heavy atom. The van der Waals surface area contributed by atoms with Crippen LogP contribution in [-0.2, 0) is 107 Å². The summed E-state index contributed by atoms with van der Waals surface area (Å²) in [5.41, 5.74) is 11.8. The smallest absolute Gasteiger partial charge is 0.398 e. The highest BCUT2D eigenvalue weighted by Gasteiger charge is 2.24. The minimum Gasteiger partial charge on any atom is -0.398 e. The summed E-state index contributed by atoms with van der Waals surface area (Å²) in [6, 6.07) is 22.4. The van der Waals surface area contributed by atoms with Crippen LogP contribution in [0.15, 0.2) is 159 Å². The first-order valence-electron chi connectivity index (χ1n) is 32.6. The van der Waals surface area contributed by atoms with E-state index in [4.69, 9.17) is 45.8 Å². The van der Waals surface area contributed by atoms with Crippen molar-refractivity contribution < 1.29 is 139 Å². The molecule has 0 spiro atoms. The molecule has 8 aromatic rings. The molecule has 8 rings (SSSR count). The van der Waals surface area contributed by atoms with Crippen molar-refractivity contribution in [3.63, 3.8) is 0 Å². The van der Waals surface area contributed by atoms with Crippen LogP contribution in [0.4, 0.5) is 104 Å². The van der Waals surface area contributed by atoms with Crippen LogP contribution in [-0.4, -0.2) is 229 Å².